The predicted molar refractivity (Wildman–Crippen MR) is 107 cm³/mol. The monoisotopic (exact) mass is 378 g/mol. The molecule has 5 rings (SSSR count). The van der Waals surface area contributed by atoms with Crippen molar-refractivity contribution in [3.05, 3.63) is 35.8 Å². The number of nitrogens with zero attached hydrogens (tertiary/aromatic N) is 6. The fourth-order valence-electron chi connectivity index (χ4n) is 4.75. The zero-order chi connectivity index (χ0) is 19.1. The molecule has 2 saturated heterocycles. The van der Waals surface area contributed by atoms with E-state index in [1.807, 2.05) is 23.2 Å². The number of rotatable bonds is 2. The zero-order valence-corrected chi connectivity index (χ0v) is 16.3. The third kappa shape index (κ3) is 3.13. The van der Waals surface area contributed by atoms with Crippen LogP contribution in [0.25, 0.3) is 11.4 Å². The summed E-state index contributed by atoms with van der Waals surface area (Å²) >= 11 is 0. The van der Waals surface area contributed by atoms with Gasteiger partial charge in [-0.2, -0.15) is 0 Å². The Hall–Kier alpha value is -2.54. The summed E-state index contributed by atoms with van der Waals surface area (Å²) in [5, 5.41) is 0. The van der Waals surface area contributed by atoms with Crippen LogP contribution >= 0.6 is 0 Å². The van der Waals surface area contributed by atoms with E-state index in [1.54, 1.807) is 13.1 Å². The van der Waals surface area contributed by atoms with Crippen molar-refractivity contribution in [2.75, 3.05) is 37.6 Å². The molecule has 2 aromatic heterocycles. The smallest absolute Gasteiger partial charge is 0.219 e. The maximum absolute atomic E-state index is 11.9. The van der Waals surface area contributed by atoms with Crippen molar-refractivity contribution in [2.45, 2.75) is 38.8 Å². The van der Waals surface area contributed by atoms with E-state index >= 15 is 0 Å². The second-order valence-electron chi connectivity index (χ2n) is 8.01. The zero-order valence-electron chi connectivity index (χ0n) is 16.3. The molecular formula is C21H26N6O. The summed E-state index contributed by atoms with van der Waals surface area (Å²) in [7, 11) is 0. The molecule has 0 aromatic carbocycles. The molecule has 28 heavy (non-hydrogen) atoms. The summed E-state index contributed by atoms with van der Waals surface area (Å²) < 4.78 is 0. The van der Waals surface area contributed by atoms with Crippen molar-refractivity contribution < 1.29 is 4.79 Å². The highest BCUT2D eigenvalue weighted by Gasteiger charge is 2.33. The Balaban J connectivity index is 1.55. The Labute approximate surface area is 165 Å². The lowest BCUT2D eigenvalue weighted by Crippen LogP contribution is -2.51. The van der Waals surface area contributed by atoms with Crippen LogP contribution in [0.4, 0.5) is 5.82 Å². The van der Waals surface area contributed by atoms with Crippen LogP contribution in [-0.2, 0) is 17.8 Å². The molecule has 0 bridgehead atoms. The van der Waals surface area contributed by atoms with Gasteiger partial charge in [-0.25, -0.2) is 9.97 Å². The van der Waals surface area contributed by atoms with E-state index in [4.69, 9.17) is 9.97 Å². The lowest BCUT2D eigenvalue weighted by molar-refractivity contribution is -0.129. The number of piperazine rings is 1. The van der Waals surface area contributed by atoms with E-state index in [9.17, 15) is 4.79 Å². The van der Waals surface area contributed by atoms with Gasteiger partial charge in [0, 0.05) is 62.7 Å². The van der Waals surface area contributed by atoms with Crippen molar-refractivity contribution >= 4 is 11.7 Å². The molecule has 1 atom stereocenters. The van der Waals surface area contributed by atoms with Gasteiger partial charge < -0.3 is 9.80 Å². The third-order valence-electron chi connectivity index (χ3n) is 6.30. The summed E-state index contributed by atoms with van der Waals surface area (Å²) in [6, 6.07) is 4.55. The molecule has 0 N–H and O–H groups in total. The van der Waals surface area contributed by atoms with Crippen molar-refractivity contribution in [1.29, 1.82) is 0 Å². The Morgan fingerprint density at radius 2 is 2.11 bits per heavy atom. The van der Waals surface area contributed by atoms with Crippen LogP contribution in [0.3, 0.4) is 0 Å². The molecule has 0 radical (unpaired) electrons. The van der Waals surface area contributed by atoms with E-state index in [2.05, 4.69) is 14.8 Å². The first-order valence-corrected chi connectivity index (χ1v) is 10.2. The molecule has 5 heterocycles. The van der Waals surface area contributed by atoms with E-state index in [0.29, 0.717) is 18.4 Å². The highest BCUT2D eigenvalue weighted by molar-refractivity contribution is 5.74. The lowest BCUT2D eigenvalue weighted by atomic mass is 10.0. The molecule has 3 aliphatic heterocycles. The van der Waals surface area contributed by atoms with E-state index in [1.165, 1.54) is 24.9 Å². The Bertz CT molecular complexity index is 886. The number of aromatic nitrogens is 3. The first kappa shape index (κ1) is 17.6. The minimum Gasteiger partial charge on any atom is -0.353 e. The number of hydrogen-bond donors (Lipinski definition) is 0. The minimum absolute atomic E-state index is 0.105. The number of hydrogen-bond acceptors (Lipinski definition) is 6. The second-order valence-corrected chi connectivity index (χ2v) is 8.01. The van der Waals surface area contributed by atoms with Crippen molar-refractivity contribution in [2.24, 2.45) is 0 Å². The van der Waals surface area contributed by atoms with Crippen LogP contribution in [0, 0.1) is 0 Å². The molecule has 0 aliphatic carbocycles. The van der Waals surface area contributed by atoms with Crippen LogP contribution < -0.4 is 4.90 Å². The summed E-state index contributed by atoms with van der Waals surface area (Å²) in [6.07, 6.45) is 6.97. The van der Waals surface area contributed by atoms with Gasteiger partial charge in [-0.3, -0.25) is 14.7 Å². The predicted octanol–water partition coefficient (Wildman–Crippen LogP) is 1.73. The van der Waals surface area contributed by atoms with Crippen molar-refractivity contribution in [3.8, 4) is 11.4 Å². The topological polar surface area (TPSA) is 65.5 Å². The van der Waals surface area contributed by atoms with E-state index in [0.717, 1.165) is 49.7 Å². The maximum Gasteiger partial charge on any atom is 0.219 e. The Kier molecular flexibility index (Phi) is 4.47. The molecule has 0 unspecified atom stereocenters. The van der Waals surface area contributed by atoms with Gasteiger partial charge in [-0.05, 0) is 37.9 Å². The van der Waals surface area contributed by atoms with Gasteiger partial charge in [-0.15, -0.1) is 0 Å². The van der Waals surface area contributed by atoms with Crippen LogP contribution in [0.5, 0.6) is 0 Å². The van der Waals surface area contributed by atoms with Gasteiger partial charge in [0.05, 0.1) is 12.2 Å². The first-order valence-electron chi connectivity index (χ1n) is 10.2. The number of anilines is 1. The highest BCUT2D eigenvalue weighted by Crippen LogP contribution is 2.32. The van der Waals surface area contributed by atoms with Gasteiger partial charge in [0.1, 0.15) is 5.82 Å². The molecule has 2 aromatic rings. The molecular weight excluding hydrogens is 352 g/mol. The fraction of sp³-hybridized carbons (Fsp3) is 0.524. The van der Waals surface area contributed by atoms with Gasteiger partial charge in [0.15, 0.2) is 5.82 Å². The average Bonchev–Trinajstić information content (AvgIpc) is 3.21. The molecule has 3 aliphatic rings. The van der Waals surface area contributed by atoms with Gasteiger partial charge in [-0.1, -0.05) is 0 Å². The Morgan fingerprint density at radius 3 is 2.93 bits per heavy atom. The van der Waals surface area contributed by atoms with Crippen LogP contribution in [-0.4, -0.2) is 69.4 Å². The van der Waals surface area contributed by atoms with Crippen LogP contribution in [0.1, 0.15) is 31.0 Å². The summed E-state index contributed by atoms with van der Waals surface area (Å²) in [5.41, 5.74) is 3.13. The van der Waals surface area contributed by atoms with Gasteiger partial charge in [0.25, 0.3) is 0 Å². The fourth-order valence-corrected chi connectivity index (χ4v) is 4.75. The summed E-state index contributed by atoms with van der Waals surface area (Å²) in [6.45, 7) is 7.31. The number of carbonyl (C=O) groups excluding carboxylic acids is 1. The van der Waals surface area contributed by atoms with E-state index < -0.39 is 0 Å². The number of fused-ring (bicyclic) bond motifs is 2. The third-order valence-corrected chi connectivity index (χ3v) is 6.30. The molecule has 1 amide bonds. The highest BCUT2D eigenvalue weighted by atomic mass is 16.2. The standard InChI is InChI=1S/C21H26N6O/c1-15(28)26-9-6-18-19(14-26)23-20(16-4-2-7-22-12-16)24-21(18)27-11-10-25-8-3-5-17(25)13-27/h2,4,7,12,17H,3,5-6,8-11,13-14H2,1H3/t17-/m0/s1. The van der Waals surface area contributed by atoms with Gasteiger partial charge in [0.2, 0.25) is 5.91 Å². The molecule has 7 nitrogen and oxygen atoms in total. The number of pyridine rings is 1. The Morgan fingerprint density at radius 1 is 1.18 bits per heavy atom. The number of amides is 1. The lowest BCUT2D eigenvalue weighted by Gasteiger charge is -2.40. The quantitative estimate of drug-likeness (QED) is 0.793. The SMILES string of the molecule is CC(=O)N1CCc2c(nc(-c3cccnc3)nc2N2CCN3CCC[C@H]3C2)C1. The summed E-state index contributed by atoms with van der Waals surface area (Å²) in [4.78, 5) is 33.0. The molecule has 0 saturated carbocycles. The van der Waals surface area contributed by atoms with E-state index in [-0.39, 0.29) is 5.91 Å². The largest absolute Gasteiger partial charge is 0.353 e. The normalized spacial score (nSPS) is 22.1. The number of carbonyl (C=O) groups is 1. The second kappa shape index (κ2) is 7.13. The van der Waals surface area contributed by atoms with Gasteiger partial charge >= 0.3 is 0 Å². The van der Waals surface area contributed by atoms with Crippen LogP contribution in [0.2, 0.25) is 0 Å². The van der Waals surface area contributed by atoms with Crippen LogP contribution in [0.15, 0.2) is 24.5 Å². The first-order chi connectivity index (χ1) is 13.7. The average molecular weight is 378 g/mol. The van der Waals surface area contributed by atoms with Crippen molar-refractivity contribution in [3.63, 3.8) is 0 Å². The summed E-state index contributed by atoms with van der Waals surface area (Å²) in [5.74, 6) is 1.88. The minimum atomic E-state index is 0.105. The molecule has 7 heteroatoms. The molecule has 146 valence electrons. The van der Waals surface area contributed by atoms with Crippen molar-refractivity contribution in [1.82, 2.24) is 24.8 Å². The molecule has 0 spiro atoms. The molecule has 2 fully saturated rings. The maximum atomic E-state index is 11.9.